The molecule has 1 aromatic heterocycles. The Morgan fingerprint density at radius 1 is 1.28 bits per heavy atom. The molecule has 0 unspecified atom stereocenters. The van der Waals surface area contributed by atoms with Gasteiger partial charge in [0.15, 0.2) is 0 Å². The Labute approximate surface area is 112 Å². The van der Waals surface area contributed by atoms with Gasteiger partial charge >= 0.3 is 0 Å². The molecule has 1 fully saturated rings. The van der Waals surface area contributed by atoms with Gasteiger partial charge in [-0.2, -0.15) is 0 Å². The number of nitrogens with zero attached hydrogens (tertiary/aromatic N) is 1. The summed E-state index contributed by atoms with van der Waals surface area (Å²) in [7, 11) is 0. The summed E-state index contributed by atoms with van der Waals surface area (Å²) in [6.07, 6.45) is 4.68. The van der Waals surface area contributed by atoms with Gasteiger partial charge in [0, 0.05) is 29.2 Å². The highest BCUT2D eigenvalue weighted by Gasteiger charge is 2.20. The topological polar surface area (TPSA) is 24.9 Å². The zero-order chi connectivity index (χ0) is 12.5. The second-order valence-corrected chi connectivity index (χ2v) is 6.20. The Balaban J connectivity index is 1.76. The smallest absolute Gasteiger partial charge is 0.123 e. The number of thiazole rings is 1. The van der Waals surface area contributed by atoms with E-state index in [4.69, 9.17) is 0 Å². The van der Waals surface area contributed by atoms with Crippen LogP contribution < -0.4 is 5.32 Å². The molecule has 0 spiro atoms. The monoisotopic (exact) mass is 258 g/mol. The fourth-order valence-electron chi connectivity index (χ4n) is 1.93. The van der Waals surface area contributed by atoms with Gasteiger partial charge in [-0.1, -0.05) is 12.1 Å². The molecule has 1 heterocycles. The molecule has 1 aliphatic carbocycles. The highest BCUT2D eigenvalue weighted by Crippen LogP contribution is 2.27. The van der Waals surface area contributed by atoms with Crippen molar-refractivity contribution < 1.29 is 0 Å². The van der Waals surface area contributed by atoms with Crippen LogP contribution in [0, 0.1) is 13.8 Å². The summed E-state index contributed by atoms with van der Waals surface area (Å²) in [5.74, 6) is 0. The van der Waals surface area contributed by atoms with Gasteiger partial charge in [-0.3, -0.25) is 0 Å². The minimum atomic E-state index is 0.761. The highest BCUT2D eigenvalue weighted by atomic mass is 32.1. The van der Waals surface area contributed by atoms with Crippen molar-refractivity contribution in [3.8, 4) is 10.6 Å². The van der Waals surface area contributed by atoms with Crippen LogP contribution in [0.5, 0.6) is 0 Å². The number of hydrogen-bond acceptors (Lipinski definition) is 3. The molecular weight excluding hydrogens is 240 g/mol. The van der Waals surface area contributed by atoms with Crippen molar-refractivity contribution in [1.29, 1.82) is 0 Å². The molecule has 0 radical (unpaired) electrons. The number of hydrogen-bond donors (Lipinski definition) is 1. The summed E-state index contributed by atoms with van der Waals surface area (Å²) >= 11 is 1.80. The maximum absolute atomic E-state index is 4.53. The molecule has 0 aliphatic heterocycles. The molecule has 2 aromatic rings. The summed E-state index contributed by atoms with van der Waals surface area (Å²) in [6, 6.07) is 7.33. The van der Waals surface area contributed by atoms with E-state index in [0.717, 1.165) is 17.6 Å². The molecule has 0 saturated heterocycles. The van der Waals surface area contributed by atoms with Crippen LogP contribution >= 0.6 is 11.3 Å². The molecule has 0 amide bonds. The van der Waals surface area contributed by atoms with Crippen molar-refractivity contribution in [2.75, 3.05) is 0 Å². The van der Waals surface area contributed by atoms with Crippen LogP contribution in [-0.4, -0.2) is 11.0 Å². The second-order valence-electron chi connectivity index (χ2n) is 5.09. The molecule has 0 atom stereocenters. The van der Waals surface area contributed by atoms with Gasteiger partial charge in [-0.05, 0) is 43.9 Å². The molecule has 1 N–H and O–H groups in total. The molecule has 1 aromatic carbocycles. The van der Waals surface area contributed by atoms with Crippen LogP contribution in [0.4, 0.5) is 0 Å². The van der Waals surface area contributed by atoms with E-state index in [9.17, 15) is 0 Å². The van der Waals surface area contributed by atoms with Gasteiger partial charge in [0.05, 0.1) is 0 Å². The van der Waals surface area contributed by atoms with Gasteiger partial charge < -0.3 is 5.32 Å². The van der Waals surface area contributed by atoms with Crippen LogP contribution in [0.3, 0.4) is 0 Å². The van der Waals surface area contributed by atoms with E-state index in [1.54, 1.807) is 11.3 Å². The third kappa shape index (κ3) is 2.62. The zero-order valence-corrected chi connectivity index (χ0v) is 11.7. The number of aromatic nitrogens is 1. The molecule has 94 valence electrons. The van der Waals surface area contributed by atoms with Gasteiger partial charge in [0.2, 0.25) is 0 Å². The number of rotatable bonds is 4. The van der Waals surface area contributed by atoms with E-state index in [0.29, 0.717) is 0 Å². The predicted molar refractivity (Wildman–Crippen MR) is 76.9 cm³/mol. The maximum Gasteiger partial charge on any atom is 0.123 e. The number of benzene rings is 1. The fraction of sp³-hybridized carbons (Fsp3) is 0.400. The first-order chi connectivity index (χ1) is 8.72. The first-order valence-electron chi connectivity index (χ1n) is 6.48. The van der Waals surface area contributed by atoms with Gasteiger partial charge in [-0.15, -0.1) is 11.3 Å². The summed E-state index contributed by atoms with van der Waals surface area (Å²) in [6.45, 7) is 5.27. The predicted octanol–water partition coefficient (Wildman–Crippen LogP) is 3.68. The third-order valence-electron chi connectivity index (χ3n) is 3.45. The van der Waals surface area contributed by atoms with E-state index >= 15 is 0 Å². The van der Waals surface area contributed by atoms with Crippen LogP contribution in [0.2, 0.25) is 0 Å². The van der Waals surface area contributed by atoms with Crippen LogP contribution in [0.15, 0.2) is 24.4 Å². The lowest BCUT2D eigenvalue weighted by molar-refractivity contribution is 0.694. The van der Waals surface area contributed by atoms with Crippen molar-refractivity contribution >= 4 is 11.3 Å². The van der Waals surface area contributed by atoms with Crippen LogP contribution in [0.1, 0.15) is 28.8 Å². The first-order valence-corrected chi connectivity index (χ1v) is 7.30. The zero-order valence-electron chi connectivity index (χ0n) is 10.9. The van der Waals surface area contributed by atoms with Gasteiger partial charge in [0.1, 0.15) is 5.01 Å². The number of nitrogens with one attached hydrogen (secondary N) is 1. The van der Waals surface area contributed by atoms with Crippen molar-refractivity contribution in [2.45, 2.75) is 39.3 Å². The molecule has 0 bridgehead atoms. The van der Waals surface area contributed by atoms with Gasteiger partial charge in [0.25, 0.3) is 0 Å². The van der Waals surface area contributed by atoms with Crippen molar-refractivity contribution in [3.63, 3.8) is 0 Å². The van der Waals surface area contributed by atoms with E-state index < -0.39 is 0 Å². The Bertz CT molecular complexity index is 555. The minimum Gasteiger partial charge on any atom is -0.309 e. The average molecular weight is 258 g/mol. The molecule has 1 saturated carbocycles. The lowest BCUT2D eigenvalue weighted by atomic mass is 10.1. The SMILES string of the molecule is Cc1ccc(-c2ncc(CNC3CC3)s2)cc1C. The second kappa shape index (κ2) is 4.82. The van der Waals surface area contributed by atoms with E-state index in [1.807, 2.05) is 6.20 Å². The largest absolute Gasteiger partial charge is 0.309 e. The quantitative estimate of drug-likeness (QED) is 0.905. The number of aryl methyl sites for hydroxylation is 2. The van der Waals surface area contributed by atoms with Crippen molar-refractivity contribution in [3.05, 3.63) is 40.4 Å². The summed E-state index contributed by atoms with van der Waals surface area (Å²) in [5, 5.41) is 4.66. The third-order valence-corrected chi connectivity index (χ3v) is 4.50. The Kier molecular flexibility index (Phi) is 3.18. The van der Waals surface area contributed by atoms with Gasteiger partial charge in [-0.25, -0.2) is 4.98 Å². The lowest BCUT2D eigenvalue weighted by Crippen LogP contribution is -2.14. The van der Waals surface area contributed by atoms with Crippen molar-refractivity contribution in [1.82, 2.24) is 10.3 Å². The van der Waals surface area contributed by atoms with E-state index in [1.165, 1.54) is 34.4 Å². The normalized spacial score (nSPS) is 15.0. The molecule has 18 heavy (non-hydrogen) atoms. The first kappa shape index (κ1) is 11.9. The van der Waals surface area contributed by atoms with Crippen LogP contribution in [0.25, 0.3) is 10.6 Å². The van der Waals surface area contributed by atoms with Crippen molar-refractivity contribution in [2.24, 2.45) is 0 Å². The summed E-state index contributed by atoms with van der Waals surface area (Å²) in [5.41, 5.74) is 3.91. The maximum atomic E-state index is 4.53. The van der Waals surface area contributed by atoms with E-state index in [-0.39, 0.29) is 0 Å². The molecule has 1 aliphatic rings. The van der Waals surface area contributed by atoms with Crippen LogP contribution in [-0.2, 0) is 6.54 Å². The molecule has 3 heteroatoms. The molecule has 3 rings (SSSR count). The Morgan fingerprint density at radius 3 is 2.83 bits per heavy atom. The van der Waals surface area contributed by atoms with E-state index in [2.05, 4.69) is 42.3 Å². The standard InChI is InChI=1S/C15H18N2S/c1-10-3-4-12(7-11(10)2)15-17-9-14(18-15)8-16-13-5-6-13/h3-4,7,9,13,16H,5-6,8H2,1-2H3. The highest BCUT2D eigenvalue weighted by molar-refractivity contribution is 7.15. The Morgan fingerprint density at radius 2 is 2.11 bits per heavy atom. The Hall–Kier alpha value is -1.19. The summed E-state index contributed by atoms with van der Waals surface area (Å²) < 4.78 is 0. The average Bonchev–Trinajstić information content (AvgIpc) is 3.08. The molecular formula is C15H18N2S. The fourth-order valence-corrected chi connectivity index (χ4v) is 2.79. The summed E-state index contributed by atoms with van der Waals surface area (Å²) in [4.78, 5) is 5.86. The lowest BCUT2D eigenvalue weighted by Gasteiger charge is -2.02. The minimum absolute atomic E-state index is 0.761. The molecule has 2 nitrogen and oxygen atoms in total.